The summed E-state index contributed by atoms with van der Waals surface area (Å²) < 4.78 is 35.4. The van der Waals surface area contributed by atoms with Gasteiger partial charge in [0.05, 0.1) is 5.75 Å². The quantitative estimate of drug-likeness (QED) is 0.774. The number of hydrogen-bond donors (Lipinski definition) is 0. The molecule has 0 aliphatic rings. The second kappa shape index (κ2) is 4.28. The van der Waals surface area contributed by atoms with Crippen molar-refractivity contribution in [2.45, 2.75) is 19.6 Å². The van der Waals surface area contributed by atoms with E-state index in [0.717, 1.165) is 0 Å². The molecule has 2 nitrogen and oxygen atoms in total. The average Bonchev–Trinajstić information content (AvgIpc) is 2.08. The lowest BCUT2D eigenvalue weighted by Gasteiger charge is -2.09. The van der Waals surface area contributed by atoms with Crippen LogP contribution in [-0.2, 0) is 14.8 Å². The minimum atomic E-state index is -3.78. The standard InChI is InChI=1S/C9H9Cl2FO2S/c1-5-3-8(10)6(2)7(9(5)12)4-15(11,13)14/h3H,4H2,1-2H3. The molecule has 0 amide bonds. The first-order valence-electron chi connectivity index (χ1n) is 4.09. The van der Waals surface area contributed by atoms with Gasteiger partial charge in [0.15, 0.2) is 0 Å². The van der Waals surface area contributed by atoms with Crippen molar-refractivity contribution < 1.29 is 12.8 Å². The molecule has 0 unspecified atom stereocenters. The molecule has 84 valence electrons. The molecule has 0 saturated carbocycles. The topological polar surface area (TPSA) is 34.1 Å². The molecular formula is C9H9Cl2FO2S. The van der Waals surface area contributed by atoms with Gasteiger partial charge >= 0.3 is 0 Å². The maximum atomic E-state index is 13.6. The van der Waals surface area contributed by atoms with Crippen molar-refractivity contribution in [1.29, 1.82) is 0 Å². The maximum absolute atomic E-state index is 13.6. The van der Waals surface area contributed by atoms with Gasteiger partial charge in [-0.25, -0.2) is 12.8 Å². The van der Waals surface area contributed by atoms with Crippen LogP contribution in [0.25, 0.3) is 0 Å². The predicted molar refractivity (Wildman–Crippen MR) is 59.4 cm³/mol. The van der Waals surface area contributed by atoms with Gasteiger partial charge in [0.1, 0.15) is 5.82 Å². The molecule has 0 bridgehead atoms. The smallest absolute Gasteiger partial charge is 0.212 e. The summed E-state index contributed by atoms with van der Waals surface area (Å²) in [4.78, 5) is 0. The van der Waals surface area contributed by atoms with Gasteiger partial charge in [-0.15, -0.1) is 0 Å². The maximum Gasteiger partial charge on any atom is 0.236 e. The Morgan fingerprint density at radius 1 is 1.40 bits per heavy atom. The van der Waals surface area contributed by atoms with Gasteiger partial charge in [-0.1, -0.05) is 11.6 Å². The Bertz CT molecular complexity index is 471. The van der Waals surface area contributed by atoms with Gasteiger partial charge in [-0.05, 0) is 31.0 Å². The van der Waals surface area contributed by atoms with Crippen molar-refractivity contribution in [2.24, 2.45) is 0 Å². The van der Waals surface area contributed by atoms with Gasteiger partial charge < -0.3 is 0 Å². The first kappa shape index (κ1) is 12.7. The van der Waals surface area contributed by atoms with Crippen LogP contribution in [0.3, 0.4) is 0 Å². The van der Waals surface area contributed by atoms with E-state index in [1.165, 1.54) is 13.0 Å². The van der Waals surface area contributed by atoms with E-state index in [9.17, 15) is 12.8 Å². The van der Waals surface area contributed by atoms with Crippen molar-refractivity contribution in [1.82, 2.24) is 0 Å². The zero-order valence-corrected chi connectivity index (χ0v) is 10.5. The molecule has 6 heteroatoms. The fourth-order valence-electron chi connectivity index (χ4n) is 1.25. The van der Waals surface area contributed by atoms with E-state index < -0.39 is 20.6 Å². The molecule has 0 saturated heterocycles. The first-order chi connectivity index (χ1) is 6.72. The summed E-state index contributed by atoms with van der Waals surface area (Å²) in [6, 6.07) is 1.45. The third-order valence-electron chi connectivity index (χ3n) is 2.08. The van der Waals surface area contributed by atoms with Crippen molar-refractivity contribution in [3.63, 3.8) is 0 Å². The lowest BCUT2D eigenvalue weighted by molar-refractivity contribution is 0.592. The van der Waals surface area contributed by atoms with Gasteiger partial charge in [-0.2, -0.15) is 0 Å². The Labute approximate surface area is 97.4 Å². The molecule has 0 aliphatic carbocycles. The second-order valence-electron chi connectivity index (χ2n) is 3.28. The van der Waals surface area contributed by atoms with Crippen LogP contribution < -0.4 is 0 Å². The number of hydrogen-bond acceptors (Lipinski definition) is 2. The van der Waals surface area contributed by atoms with E-state index in [0.29, 0.717) is 16.1 Å². The van der Waals surface area contributed by atoms with E-state index >= 15 is 0 Å². The molecular weight excluding hydrogens is 262 g/mol. The molecule has 1 aromatic carbocycles. The molecule has 0 spiro atoms. The Morgan fingerprint density at radius 3 is 2.40 bits per heavy atom. The zero-order valence-electron chi connectivity index (χ0n) is 8.14. The Balaban J connectivity index is 3.40. The Hall–Kier alpha value is -0.320. The summed E-state index contributed by atoms with van der Waals surface area (Å²) in [6.07, 6.45) is 0. The summed E-state index contributed by atoms with van der Waals surface area (Å²) in [5.74, 6) is -1.12. The van der Waals surface area contributed by atoms with Crippen molar-refractivity contribution in [3.8, 4) is 0 Å². The highest BCUT2D eigenvalue weighted by Crippen LogP contribution is 2.27. The largest absolute Gasteiger partial charge is 0.236 e. The van der Waals surface area contributed by atoms with E-state index in [2.05, 4.69) is 0 Å². The van der Waals surface area contributed by atoms with E-state index in [4.69, 9.17) is 22.3 Å². The summed E-state index contributed by atoms with van der Waals surface area (Å²) in [7, 11) is 1.30. The number of halogens is 3. The summed E-state index contributed by atoms with van der Waals surface area (Å²) >= 11 is 5.82. The summed E-state index contributed by atoms with van der Waals surface area (Å²) in [6.45, 7) is 3.08. The fourth-order valence-corrected chi connectivity index (χ4v) is 2.55. The Kier molecular flexibility index (Phi) is 3.63. The van der Waals surface area contributed by atoms with Crippen LogP contribution in [0.2, 0.25) is 5.02 Å². The highest BCUT2D eigenvalue weighted by atomic mass is 35.7. The lowest BCUT2D eigenvalue weighted by Crippen LogP contribution is -2.03. The second-order valence-corrected chi connectivity index (χ2v) is 6.46. The molecule has 0 aliphatic heterocycles. The normalized spacial score (nSPS) is 11.8. The van der Waals surface area contributed by atoms with Gasteiger partial charge in [0.25, 0.3) is 0 Å². The van der Waals surface area contributed by atoms with Crippen LogP contribution in [0.15, 0.2) is 6.07 Å². The molecule has 0 atom stereocenters. The average molecular weight is 271 g/mol. The van der Waals surface area contributed by atoms with Gasteiger partial charge in [0.2, 0.25) is 9.05 Å². The van der Waals surface area contributed by atoms with Gasteiger partial charge in [-0.3, -0.25) is 0 Å². The zero-order chi connectivity index (χ0) is 11.8. The first-order valence-corrected chi connectivity index (χ1v) is 6.94. The molecule has 1 aromatic rings. The third-order valence-corrected chi connectivity index (χ3v) is 3.44. The summed E-state index contributed by atoms with van der Waals surface area (Å²) in [5.41, 5.74) is 0.750. The van der Waals surface area contributed by atoms with Crippen LogP contribution in [0.1, 0.15) is 16.7 Å². The third kappa shape index (κ3) is 3.06. The van der Waals surface area contributed by atoms with E-state index in [-0.39, 0.29) is 5.56 Å². The minimum absolute atomic E-state index is 0.0370. The molecule has 15 heavy (non-hydrogen) atoms. The van der Waals surface area contributed by atoms with Crippen molar-refractivity contribution >= 4 is 31.3 Å². The van der Waals surface area contributed by atoms with Gasteiger partial charge in [0, 0.05) is 21.3 Å². The molecule has 0 aromatic heterocycles. The van der Waals surface area contributed by atoms with Crippen LogP contribution >= 0.6 is 22.3 Å². The highest BCUT2D eigenvalue weighted by Gasteiger charge is 2.17. The molecule has 1 rings (SSSR count). The van der Waals surface area contributed by atoms with Crippen molar-refractivity contribution in [2.75, 3.05) is 0 Å². The fraction of sp³-hybridized carbons (Fsp3) is 0.333. The van der Waals surface area contributed by atoms with Crippen LogP contribution in [0, 0.1) is 19.7 Å². The number of rotatable bonds is 2. The molecule has 0 fully saturated rings. The van der Waals surface area contributed by atoms with Crippen molar-refractivity contribution in [3.05, 3.63) is 33.6 Å². The lowest BCUT2D eigenvalue weighted by atomic mass is 10.1. The minimum Gasteiger partial charge on any atom is -0.212 e. The summed E-state index contributed by atoms with van der Waals surface area (Å²) in [5, 5.41) is 0.337. The van der Waals surface area contributed by atoms with E-state index in [1.807, 2.05) is 0 Å². The Morgan fingerprint density at radius 2 is 1.93 bits per heavy atom. The monoisotopic (exact) mass is 270 g/mol. The molecule has 0 N–H and O–H groups in total. The highest BCUT2D eigenvalue weighted by molar-refractivity contribution is 8.13. The van der Waals surface area contributed by atoms with Crippen LogP contribution in [-0.4, -0.2) is 8.42 Å². The van der Waals surface area contributed by atoms with E-state index in [1.54, 1.807) is 6.92 Å². The molecule has 0 heterocycles. The van der Waals surface area contributed by atoms with Crippen LogP contribution in [0.4, 0.5) is 4.39 Å². The van der Waals surface area contributed by atoms with Crippen LogP contribution in [0.5, 0.6) is 0 Å². The SMILES string of the molecule is Cc1cc(Cl)c(C)c(CS(=O)(=O)Cl)c1F. The predicted octanol–water partition coefficient (Wildman–Crippen LogP) is 3.16. The number of aryl methyl sites for hydroxylation is 1. The number of benzene rings is 1. The molecule has 0 radical (unpaired) electrons.